The molecule has 0 radical (unpaired) electrons. The fourth-order valence-corrected chi connectivity index (χ4v) is 4.04. The molecular weight excluding hydrogens is 354 g/mol. The molecule has 3 heterocycles. The summed E-state index contributed by atoms with van der Waals surface area (Å²) in [7, 11) is -3.44. The first-order valence-electron chi connectivity index (χ1n) is 7.18. The van der Waals surface area contributed by atoms with E-state index in [1.165, 1.54) is 16.6 Å². The number of anilines is 1. The minimum Gasteiger partial charge on any atom is -0.364 e. The van der Waals surface area contributed by atoms with Crippen molar-refractivity contribution in [3.63, 3.8) is 0 Å². The normalized spacial score (nSPS) is 16.1. The third-order valence-corrected chi connectivity index (χ3v) is 5.83. The molecule has 3 rings (SSSR count). The molecular formula is C14H14ClN5O3S. The number of sulfonamides is 1. The van der Waals surface area contributed by atoms with Crippen molar-refractivity contribution in [3.8, 4) is 6.07 Å². The zero-order valence-electron chi connectivity index (χ0n) is 12.6. The molecule has 0 atom stereocenters. The maximum absolute atomic E-state index is 12.4. The van der Waals surface area contributed by atoms with Crippen LogP contribution in [0.3, 0.4) is 0 Å². The molecule has 1 fully saturated rings. The summed E-state index contributed by atoms with van der Waals surface area (Å²) >= 11 is 5.88. The van der Waals surface area contributed by atoms with Crippen molar-refractivity contribution in [2.75, 3.05) is 31.1 Å². The molecule has 2 aromatic heterocycles. The van der Waals surface area contributed by atoms with Crippen LogP contribution in [0, 0.1) is 11.3 Å². The second kappa shape index (κ2) is 6.76. The first-order chi connectivity index (χ1) is 11.5. The van der Waals surface area contributed by atoms with Gasteiger partial charge < -0.3 is 9.42 Å². The molecule has 24 heavy (non-hydrogen) atoms. The summed E-state index contributed by atoms with van der Waals surface area (Å²) in [6.45, 7) is 1.65. The summed E-state index contributed by atoms with van der Waals surface area (Å²) in [5.41, 5.74) is 0.547. The van der Waals surface area contributed by atoms with Crippen LogP contribution in [-0.4, -0.2) is 49.0 Å². The topological polar surface area (TPSA) is 103 Å². The van der Waals surface area contributed by atoms with E-state index in [1.807, 2.05) is 11.0 Å². The Hall–Kier alpha value is -2.15. The molecule has 8 nitrogen and oxygen atoms in total. The maximum Gasteiger partial charge on any atom is 0.220 e. The SMILES string of the molecule is N#Cc1nc(N2CCN(S(=O)(=O)Cc3ccon3)CC2)ccc1Cl. The van der Waals surface area contributed by atoms with Gasteiger partial charge >= 0.3 is 0 Å². The van der Waals surface area contributed by atoms with E-state index in [4.69, 9.17) is 16.9 Å². The molecule has 126 valence electrons. The zero-order valence-corrected chi connectivity index (χ0v) is 14.2. The summed E-state index contributed by atoms with van der Waals surface area (Å²) in [4.78, 5) is 6.13. The van der Waals surface area contributed by atoms with E-state index in [2.05, 4.69) is 14.7 Å². The van der Waals surface area contributed by atoms with E-state index in [9.17, 15) is 8.42 Å². The number of nitrogens with zero attached hydrogens (tertiary/aromatic N) is 5. The maximum atomic E-state index is 12.4. The predicted octanol–water partition coefficient (Wildman–Crippen LogP) is 1.25. The smallest absolute Gasteiger partial charge is 0.220 e. The highest BCUT2D eigenvalue weighted by molar-refractivity contribution is 7.88. The first kappa shape index (κ1) is 16.7. The summed E-state index contributed by atoms with van der Waals surface area (Å²) < 4.78 is 30.9. The zero-order chi connectivity index (χ0) is 17.2. The van der Waals surface area contributed by atoms with E-state index in [-0.39, 0.29) is 11.4 Å². The molecule has 0 aliphatic carbocycles. The van der Waals surface area contributed by atoms with Crippen molar-refractivity contribution in [2.45, 2.75) is 5.75 Å². The quantitative estimate of drug-likeness (QED) is 0.800. The van der Waals surface area contributed by atoms with Crippen LogP contribution in [0.1, 0.15) is 11.4 Å². The lowest BCUT2D eigenvalue weighted by Crippen LogP contribution is -2.49. The molecule has 0 saturated carbocycles. The number of piperazine rings is 1. The van der Waals surface area contributed by atoms with Gasteiger partial charge in [0.1, 0.15) is 23.9 Å². The number of rotatable bonds is 4. The van der Waals surface area contributed by atoms with Gasteiger partial charge in [-0.25, -0.2) is 13.4 Å². The number of nitriles is 1. The standard InChI is InChI=1S/C14H14ClN5O3S/c15-12-1-2-14(17-13(12)9-16)19-4-6-20(7-5-19)24(21,22)10-11-3-8-23-18-11/h1-3,8H,4-7,10H2. The Kier molecular flexibility index (Phi) is 4.71. The third kappa shape index (κ3) is 3.51. The van der Waals surface area contributed by atoms with E-state index in [0.29, 0.717) is 42.7 Å². The Bertz CT molecular complexity index is 855. The number of halogens is 1. The fourth-order valence-electron chi connectivity index (χ4n) is 2.47. The van der Waals surface area contributed by atoms with Crippen molar-refractivity contribution in [1.29, 1.82) is 5.26 Å². The number of aromatic nitrogens is 2. The van der Waals surface area contributed by atoms with Gasteiger partial charge in [0.25, 0.3) is 0 Å². The van der Waals surface area contributed by atoms with Crippen LogP contribution in [0.2, 0.25) is 5.02 Å². The average molecular weight is 368 g/mol. The van der Waals surface area contributed by atoms with Gasteiger partial charge in [-0.05, 0) is 12.1 Å². The summed E-state index contributed by atoms with van der Waals surface area (Å²) in [5, 5.41) is 12.9. The Morgan fingerprint density at radius 2 is 2.00 bits per heavy atom. The van der Waals surface area contributed by atoms with Gasteiger partial charge in [0.05, 0.1) is 10.7 Å². The molecule has 2 aromatic rings. The lowest BCUT2D eigenvalue weighted by Gasteiger charge is -2.34. The second-order valence-corrected chi connectivity index (χ2v) is 7.62. The predicted molar refractivity (Wildman–Crippen MR) is 86.9 cm³/mol. The Morgan fingerprint density at radius 3 is 2.62 bits per heavy atom. The first-order valence-corrected chi connectivity index (χ1v) is 9.17. The number of pyridine rings is 1. The van der Waals surface area contributed by atoms with Gasteiger partial charge in [-0.1, -0.05) is 16.8 Å². The van der Waals surface area contributed by atoms with Crippen molar-refractivity contribution >= 4 is 27.4 Å². The monoisotopic (exact) mass is 367 g/mol. The van der Waals surface area contributed by atoms with Gasteiger partial charge in [-0.15, -0.1) is 0 Å². The lowest BCUT2D eigenvalue weighted by molar-refractivity contribution is 0.380. The fraction of sp³-hybridized carbons (Fsp3) is 0.357. The Balaban J connectivity index is 1.66. The van der Waals surface area contributed by atoms with Crippen LogP contribution in [0.25, 0.3) is 0 Å². The van der Waals surface area contributed by atoms with Crippen LogP contribution >= 0.6 is 11.6 Å². The van der Waals surface area contributed by atoms with Crippen LogP contribution in [0.4, 0.5) is 5.82 Å². The minimum absolute atomic E-state index is 0.162. The Labute approximate surface area is 144 Å². The molecule has 0 amide bonds. The number of hydrogen-bond acceptors (Lipinski definition) is 7. The van der Waals surface area contributed by atoms with E-state index in [0.717, 1.165) is 0 Å². The number of hydrogen-bond donors (Lipinski definition) is 0. The molecule has 1 saturated heterocycles. The van der Waals surface area contributed by atoms with Gasteiger partial charge in [-0.2, -0.15) is 9.57 Å². The largest absolute Gasteiger partial charge is 0.364 e. The van der Waals surface area contributed by atoms with Crippen LogP contribution in [0.5, 0.6) is 0 Å². The van der Waals surface area contributed by atoms with E-state index in [1.54, 1.807) is 12.1 Å². The highest BCUT2D eigenvalue weighted by atomic mass is 35.5. The molecule has 0 N–H and O–H groups in total. The van der Waals surface area contributed by atoms with Gasteiger partial charge in [0.15, 0.2) is 5.69 Å². The highest BCUT2D eigenvalue weighted by Gasteiger charge is 2.28. The lowest BCUT2D eigenvalue weighted by atomic mass is 10.3. The van der Waals surface area contributed by atoms with Gasteiger partial charge in [-0.3, -0.25) is 0 Å². The minimum atomic E-state index is -3.44. The van der Waals surface area contributed by atoms with Crippen molar-refractivity contribution in [3.05, 3.63) is 40.9 Å². The molecule has 1 aliphatic heterocycles. The van der Waals surface area contributed by atoms with Gasteiger partial charge in [0.2, 0.25) is 10.0 Å². The summed E-state index contributed by atoms with van der Waals surface area (Å²) in [6, 6.07) is 6.82. The molecule has 10 heteroatoms. The summed E-state index contributed by atoms with van der Waals surface area (Å²) in [5.74, 6) is 0.436. The van der Waals surface area contributed by atoms with Crippen LogP contribution in [0.15, 0.2) is 29.0 Å². The van der Waals surface area contributed by atoms with E-state index < -0.39 is 10.0 Å². The molecule has 0 aromatic carbocycles. The molecule has 1 aliphatic rings. The molecule has 0 spiro atoms. The Morgan fingerprint density at radius 1 is 1.25 bits per heavy atom. The molecule has 0 bridgehead atoms. The van der Waals surface area contributed by atoms with Crippen LogP contribution in [-0.2, 0) is 15.8 Å². The van der Waals surface area contributed by atoms with Crippen molar-refractivity contribution in [2.24, 2.45) is 0 Å². The second-order valence-electron chi connectivity index (χ2n) is 5.24. The van der Waals surface area contributed by atoms with Gasteiger partial charge in [0, 0.05) is 32.2 Å². The summed E-state index contributed by atoms with van der Waals surface area (Å²) in [6.07, 6.45) is 1.35. The average Bonchev–Trinajstić information content (AvgIpc) is 3.08. The highest BCUT2D eigenvalue weighted by Crippen LogP contribution is 2.21. The van der Waals surface area contributed by atoms with Crippen molar-refractivity contribution in [1.82, 2.24) is 14.4 Å². The van der Waals surface area contributed by atoms with Crippen LogP contribution < -0.4 is 4.90 Å². The van der Waals surface area contributed by atoms with E-state index >= 15 is 0 Å². The third-order valence-electron chi connectivity index (χ3n) is 3.71. The molecule has 0 unspecified atom stereocenters. The van der Waals surface area contributed by atoms with Crippen molar-refractivity contribution < 1.29 is 12.9 Å².